The summed E-state index contributed by atoms with van der Waals surface area (Å²) < 4.78 is 22.6. The number of hydrogen-bond donors (Lipinski definition) is 0. The van der Waals surface area contributed by atoms with E-state index < -0.39 is 39.9 Å². The molecule has 0 aliphatic carbocycles. The van der Waals surface area contributed by atoms with Gasteiger partial charge in [0.25, 0.3) is 0 Å². The van der Waals surface area contributed by atoms with Crippen molar-refractivity contribution in [3.63, 3.8) is 0 Å². The van der Waals surface area contributed by atoms with Crippen LogP contribution in [0, 0.1) is 0 Å². The van der Waals surface area contributed by atoms with E-state index in [9.17, 15) is 19.2 Å². The van der Waals surface area contributed by atoms with E-state index in [-0.39, 0.29) is 63.3 Å². The van der Waals surface area contributed by atoms with Gasteiger partial charge < -0.3 is 18.9 Å². The first kappa shape index (κ1) is 42.8. The van der Waals surface area contributed by atoms with E-state index in [0.29, 0.717) is 0 Å². The molecule has 0 atom stereocenters. The van der Waals surface area contributed by atoms with Crippen molar-refractivity contribution in [3.8, 4) is 0 Å². The number of carbonyl (C=O) groups excluding carboxylic acids is 4. The third-order valence-corrected chi connectivity index (χ3v) is 6.30. The van der Waals surface area contributed by atoms with Gasteiger partial charge in [-0.25, -0.2) is 0 Å². The van der Waals surface area contributed by atoms with Gasteiger partial charge in [0.1, 0.15) is 22.4 Å². The van der Waals surface area contributed by atoms with Gasteiger partial charge in [-0.2, -0.15) is 0 Å². The highest BCUT2D eigenvalue weighted by Crippen LogP contribution is 2.24. The van der Waals surface area contributed by atoms with Crippen molar-refractivity contribution in [1.29, 1.82) is 0 Å². The van der Waals surface area contributed by atoms with Gasteiger partial charge in [0.2, 0.25) is 0 Å². The van der Waals surface area contributed by atoms with Crippen LogP contribution in [0.4, 0.5) is 0 Å². The molecular weight excluding hydrogens is 578 g/mol. The van der Waals surface area contributed by atoms with Gasteiger partial charge in [-0.05, 0) is 118 Å². The second-order valence-corrected chi connectivity index (χ2v) is 16.7. The van der Waals surface area contributed by atoms with Crippen LogP contribution in [0.15, 0.2) is 0 Å². The Bertz CT molecular complexity index is 907. The lowest BCUT2D eigenvalue weighted by molar-refractivity contribution is -0.167. The van der Waals surface area contributed by atoms with Crippen molar-refractivity contribution < 1.29 is 38.1 Å². The zero-order valence-corrected chi connectivity index (χ0v) is 31.5. The molecule has 0 aliphatic heterocycles. The highest BCUT2D eigenvalue weighted by Gasteiger charge is 2.41. The van der Waals surface area contributed by atoms with E-state index in [1.807, 2.05) is 86.0 Å². The molecule has 45 heavy (non-hydrogen) atoms. The molecule has 0 fully saturated rings. The Kier molecular flexibility index (Phi) is 15.7. The zero-order chi connectivity index (χ0) is 35.8. The Labute approximate surface area is 273 Å². The highest BCUT2D eigenvalue weighted by molar-refractivity contribution is 5.76. The van der Waals surface area contributed by atoms with Crippen LogP contribution >= 0.6 is 0 Å². The fourth-order valence-corrected chi connectivity index (χ4v) is 4.54. The Hall–Kier alpha value is -2.24. The van der Waals surface area contributed by atoms with E-state index in [4.69, 9.17) is 18.9 Å². The number of carbonyl (C=O) groups is 4. The first-order valence-electron chi connectivity index (χ1n) is 16.0. The molecule has 0 saturated carbocycles. The van der Waals surface area contributed by atoms with Crippen LogP contribution in [-0.4, -0.2) is 118 Å². The number of nitrogens with zero attached hydrogens (tertiary/aromatic N) is 3. The largest absolute Gasteiger partial charge is 0.459 e. The van der Waals surface area contributed by atoms with Crippen LogP contribution in [-0.2, 0) is 38.1 Å². The maximum atomic E-state index is 13.3. The number of rotatable bonds is 15. The summed E-state index contributed by atoms with van der Waals surface area (Å²) in [7, 11) is 0. The van der Waals surface area contributed by atoms with Gasteiger partial charge in [-0.15, -0.1) is 0 Å². The van der Waals surface area contributed by atoms with Crippen LogP contribution in [0.25, 0.3) is 0 Å². The average Bonchev–Trinajstić information content (AvgIpc) is 2.72. The average molecular weight is 644 g/mol. The molecule has 0 amide bonds. The minimum Gasteiger partial charge on any atom is -0.459 e. The SMILES string of the molecule is CC(C)N(CC(=O)OC(C)(C)C)CC(C)(CN(CC(=O)OC(C)(C)C)C(C)C)N(CC(=O)OC(C)(C)C)CC(=O)OC(C)(C)C. The molecule has 0 unspecified atom stereocenters. The number of hydrogen-bond acceptors (Lipinski definition) is 11. The molecule has 0 rings (SSSR count). The quantitative estimate of drug-likeness (QED) is 0.180. The molecule has 0 saturated heterocycles. The van der Waals surface area contributed by atoms with Crippen LogP contribution in [0.3, 0.4) is 0 Å². The number of esters is 4. The fraction of sp³-hybridized carbons (Fsp3) is 0.882. The lowest BCUT2D eigenvalue weighted by Crippen LogP contribution is -2.64. The monoisotopic (exact) mass is 643 g/mol. The molecule has 0 bridgehead atoms. The van der Waals surface area contributed by atoms with Gasteiger partial charge in [-0.3, -0.25) is 33.9 Å². The summed E-state index contributed by atoms with van der Waals surface area (Å²) >= 11 is 0. The summed E-state index contributed by atoms with van der Waals surface area (Å²) in [5, 5.41) is 0. The minimum atomic E-state index is -0.966. The zero-order valence-electron chi connectivity index (χ0n) is 31.5. The Morgan fingerprint density at radius 2 is 0.667 bits per heavy atom. The molecule has 0 aromatic rings. The first-order valence-corrected chi connectivity index (χ1v) is 16.0. The van der Waals surface area contributed by atoms with Crippen LogP contribution in [0.5, 0.6) is 0 Å². The summed E-state index contributed by atoms with van der Waals surface area (Å²) in [4.78, 5) is 58.3. The Morgan fingerprint density at radius 1 is 0.444 bits per heavy atom. The van der Waals surface area contributed by atoms with Gasteiger partial charge in [0.05, 0.1) is 26.2 Å². The fourth-order valence-electron chi connectivity index (χ4n) is 4.54. The Balaban J connectivity index is 6.93. The molecule has 0 spiro atoms. The highest BCUT2D eigenvalue weighted by atomic mass is 16.6. The topological polar surface area (TPSA) is 115 Å². The third-order valence-electron chi connectivity index (χ3n) is 6.30. The molecule has 0 aromatic heterocycles. The lowest BCUT2D eigenvalue weighted by Gasteiger charge is -2.47. The van der Waals surface area contributed by atoms with Crippen molar-refractivity contribution in [2.75, 3.05) is 39.3 Å². The molecular formula is C34H65N3O8. The van der Waals surface area contributed by atoms with Crippen LogP contribution in [0.1, 0.15) is 118 Å². The van der Waals surface area contributed by atoms with E-state index in [0.717, 1.165) is 0 Å². The molecule has 0 aromatic carbocycles. The van der Waals surface area contributed by atoms with E-state index in [2.05, 4.69) is 0 Å². The minimum absolute atomic E-state index is 0.00894. The van der Waals surface area contributed by atoms with Gasteiger partial charge in [0.15, 0.2) is 0 Å². The second-order valence-electron chi connectivity index (χ2n) is 16.7. The molecule has 11 heteroatoms. The molecule has 264 valence electrons. The summed E-state index contributed by atoms with van der Waals surface area (Å²) in [5.41, 5.74) is -3.78. The summed E-state index contributed by atoms with van der Waals surface area (Å²) in [6.07, 6.45) is 0. The van der Waals surface area contributed by atoms with Crippen molar-refractivity contribution >= 4 is 23.9 Å². The van der Waals surface area contributed by atoms with Gasteiger partial charge in [-0.1, -0.05) is 0 Å². The predicted octanol–water partition coefficient (Wildman–Crippen LogP) is 4.83. The van der Waals surface area contributed by atoms with Crippen LogP contribution in [0.2, 0.25) is 0 Å². The van der Waals surface area contributed by atoms with Crippen molar-refractivity contribution in [2.45, 2.75) is 158 Å². The van der Waals surface area contributed by atoms with Gasteiger partial charge in [0, 0.05) is 30.7 Å². The Morgan fingerprint density at radius 3 is 0.867 bits per heavy atom. The predicted molar refractivity (Wildman–Crippen MR) is 177 cm³/mol. The first-order chi connectivity index (χ1) is 19.9. The third kappa shape index (κ3) is 19.8. The molecule has 0 heterocycles. The molecule has 0 radical (unpaired) electrons. The second kappa shape index (κ2) is 16.5. The summed E-state index contributed by atoms with van der Waals surface area (Å²) in [6, 6.07) is -0.194. The normalized spacial score (nSPS) is 13.6. The maximum Gasteiger partial charge on any atom is 0.320 e. The molecule has 0 N–H and O–H groups in total. The van der Waals surface area contributed by atoms with Crippen molar-refractivity contribution in [2.24, 2.45) is 0 Å². The lowest BCUT2D eigenvalue weighted by atomic mass is 9.95. The van der Waals surface area contributed by atoms with Crippen molar-refractivity contribution in [1.82, 2.24) is 14.7 Å². The van der Waals surface area contributed by atoms with Crippen LogP contribution < -0.4 is 0 Å². The standard InChI is InChI=1S/C34H65N3O8/c1-24(2)35(18-26(38)42-30(5,6)7)22-34(17,23-36(25(3)4)19-27(39)43-31(8,9)10)37(20-28(40)44-32(11,12)13)21-29(41)45-33(14,15)16/h24-25H,18-23H2,1-17H3. The smallest absolute Gasteiger partial charge is 0.320 e. The summed E-state index contributed by atoms with van der Waals surface area (Å²) in [6.45, 7) is 31.5. The molecule has 0 aliphatic rings. The van der Waals surface area contributed by atoms with E-state index in [1.54, 1.807) is 46.4 Å². The van der Waals surface area contributed by atoms with Gasteiger partial charge >= 0.3 is 23.9 Å². The van der Waals surface area contributed by atoms with E-state index in [1.165, 1.54) is 0 Å². The maximum absolute atomic E-state index is 13.3. The van der Waals surface area contributed by atoms with E-state index >= 15 is 0 Å². The number of ether oxygens (including phenoxy) is 4. The van der Waals surface area contributed by atoms with Crippen molar-refractivity contribution in [3.05, 3.63) is 0 Å². The molecule has 11 nitrogen and oxygen atoms in total. The summed E-state index contributed by atoms with van der Waals surface area (Å²) in [5.74, 6) is -1.80.